The third-order valence-electron chi connectivity index (χ3n) is 4.55. The average Bonchev–Trinajstić information content (AvgIpc) is 2.62. The minimum absolute atomic E-state index is 0.0310. The van der Waals surface area contributed by atoms with Crippen molar-refractivity contribution in [1.82, 2.24) is 20.0 Å². The molecule has 1 aliphatic heterocycles. The molecule has 1 heterocycles. The van der Waals surface area contributed by atoms with Gasteiger partial charge in [0.2, 0.25) is 17.7 Å². The summed E-state index contributed by atoms with van der Waals surface area (Å²) in [6.45, 7) is 8.53. The van der Waals surface area contributed by atoms with Gasteiger partial charge in [-0.2, -0.15) is 0 Å². The molecule has 0 radical (unpaired) electrons. The number of piperazine rings is 1. The lowest BCUT2D eigenvalue weighted by molar-refractivity contribution is -0.134. The number of carbonyl (C=O) groups excluding carboxylic acids is 3. The van der Waals surface area contributed by atoms with Gasteiger partial charge in [0.15, 0.2) is 0 Å². The summed E-state index contributed by atoms with van der Waals surface area (Å²) in [6, 6.07) is 5.62. The number of benzene rings is 1. The largest absolute Gasteiger partial charge is 0.350 e. The minimum atomic E-state index is -0.353. The number of hydrogen-bond donors (Lipinski definition) is 2. The van der Waals surface area contributed by atoms with Crippen molar-refractivity contribution in [3.05, 3.63) is 30.1 Å². The van der Waals surface area contributed by atoms with Crippen molar-refractivity contribution < 1.29 is 18.8 Å². The van der Waals surface area contributed by atoms with Gasteiger partial charge in [0.05, 0.1) is 19.6 Å². The Labute approximate surface area is 177 Å². The van der Waals surface area contributed by atoms with Crippen molar-refractivity contribution in [3.8, 4) is 0 Å². The lowest BCUT2D eigenvalue weighted by Crippen LogP contribution is -2.53. The zero-order valence-corrected chi connectivity index (χ0v) is 18.2. The van der Waals surface area contributed by atoms with Crippen LogP contribution in [0.25, 0.3) is 0 Å². The summed E-state index contributed by atoms with van der Waals surface area (Å²) in [4.78, 5) is 42.1. The van der Waals surface area contributed by atoms with Crippen LogP contribution in [0.3, 0.4) is 0 Å². The van der Waals surface area contributed by atoms with E-state index in [0.29, 0.717) is 31.9 Å². The van der Waals surface area contributed by atoms with Gasteiger partial charge in [0.25, 0.3) is 0 Å². The van der Waals surface area contributed by atoms with Crippen molar-refractivity contribution in [3.63, 3.8) is 0 Å². The summed E-state index contributed by atoms with van der Waals surface area (Å²) in [7, 11) is 1.75. The van der Waals surface area contributed by atoms with E-state index in [1.807, 2.05) is 25.7 Å². The van der Waals surface area contributed by atoms with Crippen molar-refractivity contribution in [1.29, 1.82) is 0 Å². The Hall–Kier alpha value is -2.52. The van der Waals surface area contributed by atoms with E-state index in [0.717, 1.165) is 0 Å². The Kier molecular flexibility index (Phi) is 8.31. The van der Waals surface area contributed by atoms with Crippen LogP contribution in [-0.4, -0.2) is 90.8 Å². The highest BCUT2D eigenvalue weighted by molar-refractivity contribution is 5.92. The van der Waals surface area contributed by atoms with Crippen LogP contribution >= 0.6 is 0 Å². The van der Waals surface area contributed by atoms with Gasteiger partial charge in [-0.3, -0.25) is 24.2 Å². The summed E-state index contributed by atoms with van der Waals surface area (Å²) in [5.41, 5.74) is 0.245. The Morgan fingerprint density at radius 2 is 1.60 bits per heavy atom. The monoisotopic (exact) mass is 421 g/mol. The molecule has 1 fully saturated rings. The van der Waals surface area contributed by atoms with E-state index in [1.165, 1.54) is 24.3 Å². The van der Waals surface area contributed by atoms with Crippen LogP contribution in [0.5, 0.6) is 0 Å². The number of anilines is 1. The Balaban J connectivity index is 1.70. The lowest BCUT2D eigenvalue weighted by atomic mass is 10.1. The van der Waals surface area contributed by atoms with Crippen LogP contribution in [0, 0.1) is 5.82 Å². The molecule has 0 aliphatic carbocycles. The van der Waals surface area contributed by atoms with Gasteiger partial charge in [-0.25, -0.2) is 4.39 Å². The lowest BCUT2D eigenvalue weighted by Gasteiger charge is -2.35. The van der Waals surface area contributed by atoms with E-state index in [-0.39, 0.29) is 48.7 Å². The molecule has 2 N–H and O–H groups in total. The quantitative estimate of drug-likeness (QED) is 0.679. The summed E-state index contributed by atoms with van der Waals surface area (Å²) >= 11 is 0. The first-order valence-electron chi connectivity index (χ1n) is 10.1. The van der Waals surface area contributed by atoms with Crippen LogP contribution in [0.2, 0.25) is 0 Å². The SMILES string of the molecule is CN(CC(=O)NC(C)(C)C)CC(=O)N1CCN(CC(=O)Nc2ccc(F)cc2)CC1. The molecule has 1 aromatic rings. The van der Waals surface area contributed by atoms with Gasteiger partial charge in [-0.1, -0.05) is 0 Å². The number of nitrogens with zero attached hydrogens (tertiary/aromatic N) is 3. The highest BCUT2D eigenvalue weighted by Gasteiger charge is 2.24. The van der Waals surface area contributed by atoms with E-state index in [4.69, 9.17) is 0 Å². The molecule has 1 saturated heterocycles. The molecule has 0 atom stereocenters. The van der Waals surface area contributed by atoms with E-state index in [2.05, 4.69) is 10.6 Å². The van der Waals surface area contributed by atoms with Gasteiger partial charge < -0.3 is 15.5 Å². The number of rotatable bonds is 7. The smallest absolute Gasteiger partial charge is 0.238 e. The molecule has 0 saturated carbocycles. The summed E-state index contributed by atoms with van der Waals surface area (Å²) in [6.07, 6.45) is 0. The fourth-order valence-corrected chi connectivity index (χ4v) is 3.18. The van der Waals surface area contributed by atoms with Crippen LogP contribution in [0.15, 0.2) is 24.3 Å². The minimum Gasteiger partial charge on any atom is -0.350 e. The van der Waals surface area contributed by atoms with E-state index >= 15 is 0 Å². The molecular formula is C21H32FN5O3. The summed E-state index contributed by atoms with van der Waals surface area (Å²) < 4.78 is 12.9. The molecule has 0 bridgehead atoms. The third-order valence-corrected chi connectivity index (χ3v) is 4.55. The molecule has 1 aliphatic rings. The van der Waals surface area contributed by atoms with Gasteiger partial charge >= 0.3 is 0 Å². The van der Waals surface area contributed by atoms with E-state index in [9.17, 15) is 18.8 Å². The number of carbonyl (C=O) groups is 3. The first-order chi connectivity index (χ1) is 14.0. The van der Waals surface area contributed by atoms with Gasteiger partial charge in [-0.05, 0) is 52.1 Å². The van der Waals surface area contributed by atoms with Crippen LogP contribution in [0.1, 0.15) is 20.8 Å². The van der Waals surface area contributed by atoms with Gasteiger partial charge in [0.1, 0.15) is 5.82 Å². The predicted octanol–water partition coefficient (Wildman–Crippen LogP) is 0.755. The first-order valence-corrected chi connectivity index (χ1v) is 10.1. The second-order valence-corrected chi connectivity index (χ2v) is 8.68. The molecule has 166 valence electrons. The maximum Gasteiger partial charge on any atom is 0.238 e. The number of amides is 3. The summed E-state index contributed by atoms with van der Waals surface area (Å²) in [5.74, 6) is -0.675. The number of hydrogen-bond acceptors (Lipinski definition) is 5. The van der Waals surface area contributed by atoms with Gasteiger partial charge in [-0.15, -0.1) is 0 Å². The second-order valence-electron chi connectivity index (χ2n) is 8.68. The molecule has 30 heavy (non-hydrogen) atoms. The summed E-state index contributed by atoms with van der Waals surface area (Å²) in [5, 5.41) is 5.62. The highest BCUT2D eigenvalue weighted by atomic mass is 19.1. The van der Waals surface area contributed by atoms with E-state index < -0.39 is 0 Å². The van der Waals surface area contributed by atoms with Crippen LogP contribution < -0.4 is 10.6 Å². The standard InChI is InChI=1S/C21H32FN5O3/c1-21(2,3)24-19(29)13-25(4)15-20(30)27-11-9-26(10-12-27)14-18(28)23-17-7-5-16(22)6-8-17/h5-8H,9-15H2,1-4H3,(H,23,28)(H,24,29). The topological polar surface area (TPSA) is 85.0 Å². The third kappa shape index (κ3) is 8.46. The molecule has 3 amide bonds. The molecular weight excluding hydrogens is 389 g/mol. The number of nitrogens with one attached hydrogen (secondary N) is 2. The zero-order valence-electron chi connectivity index (χ0n) is 18.2. The Morgan fingerprint density at radius 3 is 2.17 bits per heavy atom. The number of likely N-dealkylation sites (N-methyl/N-ethyl adjacent to an activating group) is 1. The number of halogens is 1. The fraction of sp³-hybridized carbons (Fsp3) is 0.571. The molecule has 0 unspecified atom stereocenters. The van der Waals surface area contributed by atoms with Crippen LogP contribution in [0.4, 0.5) is 10.1 Å². The van der Waals surface area contributed by atoms with Crippen molar-refractivity contribution >= 4 is 23.4 Å². The normalized spacial score (nSPS) is 15.2. The van der Waals surface area contributed by atoms with Crippen LogP contribution in [-0.2, 0) is 14.4 Å². The zero-order chi connectivity index (χ0) is 22.3. The fourth-order valence-electron chi connectivity index (χ4n) is 3.18. The molecule has 1 aromatic carbocycles. The molecule has 0 aromatic heterocycles. The molecule has 0 spiro atoms. The van der Waals surface area contributed by atoms with Gasteiger partial charge in [0, 0.05) is 37.4 Å². The second kappa shape index (κ2) is 10.5. The Morgan fingerprint density at radius 1 is 1.00 bits per heavy atom. The van der Waals surface area contributed by atoms with Crippen molar-refractivity contribution in [2.75, 3.05) is 58.2 Å². The maximum absolute atomic E-state index is 12.9. The molecule has 8 nitrogen and oxygen atoms in total. The molecule has 9 heteroatoms. The predicted molar refractivity (Wildman–Crippen MR) is 113 cm³/mol. The van der Waals surface area contributed by atoms with E-state index in [1.54, 1.807) is 16.8 Å². The molecule has 2 rings (SSSR count). The first kappa shape index (κ1) is 23.8. The average molecular weight is 422 g/mol. The van der Waals surface area contributed by atoms with Crippen molar-refractivity contribution in [2.24, 2.45) is 0 Å². The highest BCUT2D eigenvalue weighted by Crippen LogP contribution is 2.09. The van der Waals surface area contributed by atoms with Crippen molar-refractivity contribution in [2.45, 2.75) is 26.3 Å². The Bertz CT molecular complexity index is 740. The maximum atomic E-state index is 12.9.